The average molecular weight is 376 g/mol. The monoisotopic (exact) mass is 376 g/mol. The molecule has 1 saturated carbocycles. The Bertz CT molecular complexity index is 640. The molecule has 1 aromatic rings. The molecule has 8 heteroatoms. The van der Waals surface area contributed by atoms with Crippen molar-refractivity contribution < 1.29 is 18.8 Å². The summed E-state index contributed by atoms with van der Waals surface area (Å²) in [7, 11) is 0. The Labute approximate surface area is 159 Å². The molecule has 1 atom stereocenters. The Kier molecular flexibility index (Phi) is 6.86. The number of nitrogens with one attached hydrogen (secondary N) is 3. The van der Waals surface area contributed by atoms with E-state index in [1.165, 1.54) is 6.42 Å². The molecule has 1 aliphatic carbocycles. The molecule has 0 radical (unpaired) electrons. The third-order valence-electron chi connectivity index (χ3n) is 5.22. The van der Waals surface area contributed by atoms with Crippen molar-refractivity contribution in [3.63, 3.8) is 0 Å². The molecule has 0 spiro atoms. The minimum absolute atomic E-state index is 0.0386. The van der Waals surface area contributed by atoms with E-state index in [2.05, 4.69) is 16.0 Å². The number of imide groups is 1. The first-order chi connectivity index (χ1) is 13.1. The van der Waals surface area contributed by atoms with E-state index in [-0.39, 0.29) is 30.4 Å². The Morgan fingerprint density at radius 2 is 1.93 bits per heavy atom. The minimum Gasteiger partial charge on any atom is -0.467 e. The summed E-state index contributed by atoms with van der Waals surface area (Å²) in [6.45, 7) is 1.03. The zero-order valence-corrected chi connectivity index (χ0v) is 15.5. The van der Waals surface area contributed by atoms with Crippen LogP contribution in [0.3, 0.4) is 0 Å². The van der Waals surface area contributed by atoms with E-state index in [4.69, 9.17) is 4.42 Å². The van der Waals surface area contributed by atoms with Crippen LogP contribution in [0.15, 0.2) is 22.8 Å². The van der Waals surface area contributed by atoms with Crippen molar-refractivity contribution in [1.29, 1.82) is 0 Å². The lowest BCUT2D eigenvalue weighted by Gasteiger charge is -2.24. The zero-order valence-electron chi connectivity index (χ0n) is 15.5. The maximum absolute atomic E-state index is 12.4. The van der Waals surface area contributed by atoms with Gasteiger partial charge in [0.25, 0.3) is 0 Å². The summed E-state index contributed by atoms with van der Waals surface area (Å²) >= 11 is 0. The molecule has 1 aliphatic heterocycles. The van der Waals surface area contributed by atoms with Gasteiger partial charge in [-0.3, -0.25) is 19.8 Å². The fourth-order valence-corrected chi connectivity index (χ4v) is 3.84. The molecular formula is C19H28N4O4. The van der Waals surface area contributed by atoms with E-state index in [1.807, 2.05) is 4.90 Å². The van der Waals surface area contributed by atoms with Crippen molar-refractivity contribution in [3.05, 3.63) is 24.2 Å². The number of urea groups is 1. The highest BCUT2D eigenvalue weighted by Gasteiger charge is 2.32. The lowest BCUT2D eigenvalue weighted by molar-refractivity contribution is -0.127. The van der Waals surface area contributed by atoms with Gasteiger partial charge < -0.3 is 15.1 Å². The summed E-state index contributed by atoms with van der Waals surface area (Å²) in [5, 5.41) is 8.10. The zero-order chi connectivity index (χ0) is 19.1. The van der Waals surface area contributed by atoms with Gasteiger partial charge in [0.15, 0.2) is 0 Å². The van der Waals surface area contributed by atoms with E-state index in [0.29, 0.717) is 25.3 Å². The second-order valence-electron chi connectivity index (χ2n) is 7.28. The van der Waals surface area contributed by atoms with Gasteiger partial charge in [-0.2, -0.15) is 0 Å². The fourth-order valence-electron chi connectivity index (χ4n) is 3.84. The lowest BCUT2D eigenvalue weighted by Crippen LogP contribution is -2.50. The molecule has 148 valence electrons. The highest BCUT2D eigenvalue weighted by molar-refractivity contribution is 5.95. The van der Waals surface area contributed by atoms with Crippen molar-refractivity contribution in [2.45, 2.75) is 63.6 Å². The third kappa shape index (κ3) is 5.82. The number of rotatable bonds is 6. The Balaban J connectivity index is 1.41. The largest absolute Gasteiger partial charge is 0.467 e. The quantitative estimate of drug-likeness (QED) is 0.698. The number of carbonyl (C=O) groups is 3. The summed E-state index contributed by atoms with van der Waals surface area (Å²) in [5.74, 6) is 0.183. The first-order valence-corrected chi connectivity index (χ1v) is 9.76. The average Bonchev–Trinajstić information content (AvgIpc) is 3.32. The van der Waals surface area contributed by atoms with Gasteiger partial charge in [-0.1, -0.05) is 19.3 Å². The second kappa shape index (κ2) is 9.55. The molecule has 3 rings (SSSR count). The molecule has 0 aromatic carbocycles. The molecule has 4 amide bonds. The van der Waals surface area contributed by atoms with E-state index in [1.54, 1.807) is 18.4 Å². The normalized spacial score (nSPS) is 21.0. The van der Waals surface area contributed by atoms with Gasteiger partial charge in [-0.05, 0) is 44.4 Å². The van der Waals surface area contributed by atoms with Crippen LogP contribution >= 0.6 is 0 Å². The van der Waals surface area contributed by atoms with Crippen LogP contribution in [0.25, 0.3) is 0 Å². The van der Waals surface area contributed by atoms with Crippen LogP contribution in [0.2, 0.25) is 0 Å². The van der Waals surface area contributed by atoms with Crippen LogP contribution in [-0.2, 0) is 16.1 Å². The van der Waals surface area contributed by atoms with Crippen LogP contribution in [-0.4, -0.2) is 47.9 Å². The third-order valence-corrected chi connectivity index (χ3v) is 5.22. The highest BCUT2D eigenvalue weighted by Crippen LogP contribution is 2.18. The van der Waals surface area contributed by atoms with Gasteiger partial charge in [0, 0.05) is 6.04 Å². The van der Waals surface area contributed by atoms with Crippen LogP contribution in [0.1, 0.15) is 50.7 Å². The van der Waals surface area contributed by atoms with Gasteiger partial charge in [0.1, 0.15) is 5.76 Å². The molecule has 1 aromatic heterocycles. The Morgan fingerprint density at radius 1 is 1.11 bits per heavy atom. The van der Waals surface area contributed by atoms with E-state index >= 15 is 0 Å². The number of likely N-dealkylation sites (tertiary alicyclic amines) is 1. The number of furan rings is 1. The van der Waals surface area contributed by atoms with Gasteiger partial charge in [0.05, 0.1) is 25.4 Å². The molecule has 8 nitrogen and oxygen atoms in total. The molecule has 1 saturated heterocycles. The molecule has 2 aliphatic rings. The van der Waals surface area contributed by atoms with Crippen molar-refractivity contribution in [2.24, 2.45) is 0 Å². The van der Waals surface area contributed by atoms with Crippen LogP contribution in [0.4, 0.5) is 4.79 Å². The first-order valence-electron chi connectivity index (χ1n) is 9.76. The summed E-state index contributed by atoms with van der Waals surface area (Å²) in [4.78, 5) is 38.4. The Hall–Kier alpha value is -2.35. The number of hydrogen-bond acceptors (Lipinski definition) is 5. The first kappa shape index (κ1) is 19.4. The number of nitrogens with zero attached hydrogens (tertiary/aromatic N) is 1. The second-order valence-corrected chi connectivity index (χ2v) is 7.28. The van der Waals surface area contributed by atoms with Gasteiger partial charge in [0.2, 0.25) is 11.8 Å². The number of hydrogen-bond donors (Lipinski definition) is 3. The standard InChI is InChI=1S/C19H28N4O4/c24-17(22-19(26)21-14-6-2-1-3-7-14)13-23-10-4-9-16(23)18(25)20-12-15-8-5-11-27-15/h5,8,11,14,16H,1-4,6-7,9-10,12-13H2,(H,20,25)(H2,21,22,24,26)/t16-/m0/s1. The summed E-state index contributed by atoms with van der Waals surface area (Å²) in [6.07, 6.45) is 8.47. The maximum atomic E-state index is 12.4. The Morgan fingerprint density at radius 3 is 2.67 bits per heavy atom. The predicted octanol–water partition coefficient (Wildman–Crippen LogP) is 1.52. The number of carbonyl (C=O) groups excluding carboxylic acids is 3. The van der Waals surface area contributed by atoms with Crippen LogP contribution in [0.5, 0.6) is 0 Å². The van der Waals surface area contributed by atoms with Crippen molar-refractivity contribution in [3.8, 4) is 0 Å². The summed E-state index contributed by atoms with van der Waals surface area (Å²) < 4.78 is 5.21. The van der Waals surface area contributed by atoms with Crippen LogP contribution in [0, 0.1) is 0 Å². The van der Waals surface area contributed by atoms with Gasteiger partial charge in [-0.15, -0.1) is 0 Å². The molecule has 3 N–H and O–H groups in total. The SMILES string of the molecule is O=C(CN1CCC[C@H]1C(=O)NCc1ccco1)NC(=O)NC1CCCCC1. The molecule has 27 heavy (non-hydrogen) atoms. The topological polar surface area (TPSA) is 104 Å². The van der Waals surface area contributed by atoms with Crippen molar-refractivity contribution >= 4 is 17.8 Å². The van der Waals surface area contributed by atoms with E-state index in [9.17, 15) is 14.4 Å². The maximum Gasteiger partial charge on any atom is 0.321 e. The molecule has 0 bridgehead atoms. The lowest BCUT2D eigenvalue weighted by atomic mass is 9.96. The summed E-state index contributed by atoms with van der Waals surface area (Å²) in [5.41, 5.74) is 0. The molecule has 2 heterocycles. The molecule has 0 unspecified atom stereocenters. The van der Waals surface area contributed by atoms with Crippen molar-refractivity contribution in [2.75, 3.05) is 13.1 Å². The van der Waals surface area contributed by atoms with E-state index < -0.39 is 6.03 Å². The smallest absolute Gasteiger partial charge is 0.321 e. The fraction of sp³-hybridized carbons (Fsp3) is 0.632. The highest BCUT2D eigenvalue weighted by atomic mass is 16.3. The van der Waals surface area contributed by atoms with Crippen molar-refractivity contribution in [1.82, 2.24) is 20.9 Å². The number of amides is 4. The predicted molar refractivity (Wildman–Crippen MR) is 98.7 cm³/mol. The van der Waals surface area contributed by atoms with Gasteiger partial charge in [-0.25, -0.2) is 4.79 Å². The molecule has 2 fully saturated rings. The molecular weight excluding hydrogens is 348 g/mol. The minimum atomic E-state index is -0.440. The van der Waals surface area contributed by atoms with Crippen LogP contribution < -0.4 is 16.0 Å². The van der Waals surface area contributed by atoms with E-state index in [0.717, 1.165) is 32.1 Å². The van der Waals surface area contributed by atoms with Gasteiger partial charge >= 0.3 is 6.03 Å². The summed E-state index contributed by atoms with van der Waals surface area (Å²) in [6, 6.07) is 2.92.